The molecule has 0 unspecified atom stereocenters. The maximum atomic E-state index is 13.4. The van der Waals surface area contributed by atoms with Gasteiger partial charge in [0, 0.05) is 6.20 Å². The number of nitrogens with zero attached hydrogens (tertiary/aromatic N) is 1. The van der Waals surface area contributed by atoms with Gasteiger partial charge in [-0.1, -0.05) is 0 Å². The van der Waals surface area contributed by atoms with Crippen molar-refractivity contribution < 1.29 is 26.0 Å². The van der Waals surface area contributed by atoms with Gasteiger partial charge in [0.05, 0.1) is 17.4 Å². The topological polar surface area (TPSA) is 74.8 Å². The molecule has 1 aromatic heterocycles. The third-order valence-corrected chi connectivity index (χ3v) is 3.65. The van der Waals surface area contributed by atoms with E-state index in [9.17, 15) is 26.0 Å². The van der Waals surface area contributed by atoms with Gasteiger partial charge in [-0.15, -0.1) is 0 Å². The minimum absolute atomic E-state index is 0.325. The van der Waals surface area contributed by atoms with E-state index in [1.807, 2.05) is 0 Å². The van der Waals surface area contributed by atoms with Crippen LogP contribution in [0.3, 0.4) is 0 Å². The zero-order valence-corrected chi connectivity index (χ0v) is 10.4. The molecule has 1 heterocycles. The Bertz CT molecular complexity index is 711. The first-order chi connectivity index (χ1) is 9.20. The molecule has 0 radical (unpaired) electrons. The summed E-state index contributed by atoms with van der Waals surface area (Å²) in [7, 11) is -4.21. The minimum Gasteiger partial charge on any atom is -0.284 e. The number of benzene rings is 1. The number of anilines is 1. The molecule has 2 N–H and O–H groups in total. The Hall–Kier alpha value is -2.10. The maximum absolute atomic E-state index is 13.4. The van der Waals surface area contributed by atoms with Crippen molar-refractivity contribution in [3.05, 3.63) is 42.0 Å². The first-order valence-corrected chi connectivity index (χ1v) is 6.57. The molecule has 0 saturated carbocycles. The molecule has 1 aromatic carbocycles. The standard InChI is InChI=1S/C10H7F4N3O2S/c11-8-2-1-6(10(12,13)14)3-9(8)17-20(18,19)7-4-15-16-5-7/h1-5,17H,(H,15,16). The van der Waals surface area contributed by atoms with Crippen molar-refractivity contribution in [1.29, 1.82) is 0 Å². The zero-order chi connectivity index (χ0) is 15.0. The molecular formula is C10H7F4N3O2S. The molecule has 20 heavy (non-hydrogen) atoms. The summed E-state index contributed by atoms with van der Waals surface area (Å²) >= 11 is 0. The van der Waals surface area contributed by atoms with Crippen molar-refractivity contribution in [3.63, 3.8) is 0 Å². The number of sulfonamides is 1. The lowest BCUT2D eigenvalue weighted by Crippen LogP contribution is -2.14. The highest BCUT2D eigenvalue weighted by molar-refractivity contribution is 7.92. The van der Waals surface area contributed by atoms with Crippen molar-refractivity contribution in [1.82, 2.24) is 10.2 Å². The van der Waals surface area contributed by atoms with Crippen LogP contribution in [0.4, 0.5) is 23.2 Å². The van der Waals surface area contributed by atoms with Gasteiger partial charge in [0.15, 0.2) is 0 Å². The normalized spacial score (nSPS) is 12.4. The highest BCUT2D eigenvalue weighted by atomic mass is 32.2. The van der Waals surface area contributed by atoms with Crippen molar-refractivity contribution >= 4 is 15.7 Å². The van der Waals surface area contributed by atoms with E-state index in [1.54, 1.807) is 4.72 Å². The molecule has 0 aliphatic heterocycles. The fraction of sp³-hybridized carbons (Fsp3) is 0.100. The van der Waals surface area contributed by atoms with Gasteiger partial charge in [-0.2, -0.15) is 18.3 Å². The molecule has 2 aromatic rings. The van der Waals surface area contributed by atoms with Crippen LogP contribution in [0.15, 0.2) is 35.5 Å². The molecule has 2 rings (SSSR count). The molecule has 0 atom stereocenters. The second-order valence-electron chi connectivity index (χ2n) is 3.73. The van der Waals surface area contributed by atoms with Crippen LogP contribution >= 0.6 is 0 Å². The maximum Gasteiger partial charge on any atom is 0.416 e. The van der Waals surface area contributed by atoms with E-state index in [4.69, 9.17) is 0 Å². The van der Waals surface area contributed by atoms with Gasteiger partial charge in [0.25, 0.3) is 10.0 Å². The van der Waals surface area contributed by atoms with Gasteiger partial charge in [0.2, 0.25) is 0 Å². The number of hydrogen-bond acceptors (Lipinski definition) is 3. The summed E-state index contributed by atoms with van der Waals surface area (Å²) in [5, 5.41) is 5.62. The lowest BCUT2D eigenvalue weighted by Gasteiger charge is -2.11. The molecular weight excluding hydrogens is 302 g/mol. The largest absolute Gasteiger partial charge is 0.416 e. The number of rotatable bonds is 3. The van der Waals surface area contributed by atoms with E-state index < -0.39 is 33.3 Å². The van der Waals surface area contributed by atoms with Gasteiger partial charge >= 0.3 is 6.18 Å². The Morgan fingerprint density at radius 3 is 2.50 bits per heavy atom. The SMILES string of the molecule is O=S(=O)(Nc1cc(C(F)(F)F)ccc1F)c1cn[nH]c1. The average molecular weight is 309 g/mol. The van der Waals surface area contributed by atoms with Crippen LogP contribution in [-0.2, 0) is 16.2 Å². The van der Waals surface area contributed by atoms with E-state index in [1.165, 1.54) is 0 Å². The van der Waals surface area contributed by atoms with E-state index >= 15 is 0 Å². The monoisotopic (exact) mass is 309 g/mol. The number of hydrogen-bond donors (Lipinski definition) is 2. The summed E-state index contributed by atoms with van der Waals surface area (Å²) in [6.07, 6.45) is -2.76. The molecule has 0 spiro atoms. The predicted octanol–water partition coefficient (Wildman–Crippen LogP) is 2.37. The molecule has 0 amide bonds. The summed E-state index contributed by atoms with van der Waals surface area (Å²) in [6, 6.07) is 1.44. The van der Waals surface area contributed by atoms with Gasteiger partial charge in [-0.25, -0.2) is 12.8 Å². The first-order valence-electron chi connectivity index (χ1n) is 5.08. The Kier molecular flexibility index (Phi) is 3.42. The fourth-order valence-electron chi connectivity index (χ4n) is 1.37. The fourth-order valence-corrected chi connectivity index (χ4v) is 2.33. The van der Waals surface area contributed by atoms with Crippen LogP contribution < -0.4 is 4.72 Å². The third kappa shape index (κ3) is 2.90. The Balaban J connectivity index is 2.39. The van der Waals surface area contributed by atoms with E-state index in [0.29, 0.717) is 18.2 Å². The number of halogens is 4. The van der Waals surface area contributed by atoms with Crippen LogP contribution in [0.1, 0.15) is 5.56 Å². The average Bonchev–Trinajstić information content (AvgIpc) is 2.84. The summed E-state index contributed by atoms with van der Waals surface area (Å²) < 4.78 is 76.1. The van der Waals surface area contributed by atoms with Crippen LogP contribution in [-0.4, -0.2) is 18.6 Å². The number of aromatic amines is 1. The number of H-pyrrole nitrogens is 1. The molecule has 0 aliphatic carbocycles. The highest BCUT2D eigenvalue weighted by Crippen LogP contribution is 2.32. The van der Waals surface area contributed by atoms with Gasteiger partial charge in [0.1, 0.15) is 10.7 Å². The van der Waals surface area contributed by atoms with Gasteiger partial charge < -0.3 is 0 Å². The molecule has 0 aliphatic rings. The first kappa shape index (κ1) is 14.3. The summed E-state index contributed by atoms with van der Waals surface area (Å²) in [4.78, 5) is -0.325. The Labute approximate surface area is 110 Å². The lowest BCUT2D eigenvalue weighted by molar-refractivity contribution is -0.137. The van der Waals surface area contributed by atoms with Crippen LogP contribution in [0.2, 0.25) is 0 Å². The highest BCUT2D eigenvalue weighted by Gasteiger charge is 2.31. The van der Waals surface area contributed by atoms with E-state index in [-0.39, 0.29) is 4.90 Å². The molecule has 0 saturated heterocycles. The molecule has 10 heteroatoms. The van der Waals surface area contributed by atoms with E-state index in [2.05, 4.69) is 10.2 Å². The summed E-state index contributed by atoms with van der Waals surface area (Å²) in [5.74, 6) is -1.12. The van der Waals surface area contributed by atoms with Gasteiger partial charge in [-0.3, -0.25) is 9.82 Å². The second kappa shape index (κ2) is 4.78. The summed E-state index contributed by atoms with van der Waals surface area (Å²) in [5.41, 5.74) is -1.95. The zero-order valence-electron chi connectivity index (χ0n) is 9.57. The van der Waals surface area contributed by atoms with Crippen molar-refractivity contribution in [2.75, 3.05) is 4.72 Å². The van der Waals surface area contributed by atoms with Crippen LogP contribution in [0, 0.1) is 5.82 Å². The number of aromatic nitrogens is 2. The number of nitrogens with one attached hydrogen (secondary N) is 2. The van der Waals surface area contributed by atoms with Crippen molar-refractivity contribution in [3.8, 4) is 0 Å². The Morgan fingerprint density at radius 1 is 1.25 bits per heavy atom. The lowest BCUT2D eigenvalue weighted by atomic mass is 10.2. The van der Waals surface area contributed by atoms with Crippen LogP contribution in [0.25, 0.3) is 0 Å². The molecule has 0 fully saturated rings. The third-order valence-electron chi connectivity index (χ3n) is 2.32. The molecule has 0 bridgehead atoms. The predicted molar refractivity (Wildman–Crippen MR) is 60.8 cm³/mol. The smallest absolute Gasteiger partial charge is 0.284 e. The van der Waals surface area contributed by atoms with Crippen molar-refractivity contribution in [2.45, 2.75) is 11.1 Å². The Morgan fingerprint density at radius 2 is 1.95 bits per heavy atom. The molecule has 5 nitrogen and oxygen atoms in total. The van der Waals surface area contributed by atoms with E-state index in [0.717, 1.165) is 12.4 Å². The quantitative estimate of drug-likeness (QED) is 0.855. The molecule has 108 valence electrons. The number of alkyl halides is 3. The van der Waals surface area contributed by atoms with Gasteiger partial charge in [-0.05, 0) is 18.2 Å². The minimum atomic E-state index is -4.70. The second-order valence-corrected chi connectivity index (χ2v) is 5.41. The van der Waals surface area contributed by atoms with Crippen LogP contribution in [0.5, 0.6) is 0 Å². The van der Waals surface area contributed by atoms with Crippen molar-refractivity contribution in [2.24, 2.45) is 0 Å². The summed E-state index contributed by atoms with van der Waals surface area (Å²) in [6.45, 7) is 0.